The third kappa shape index (κ3) is 5.52. The molecule has 2 aromatic carbocycles. The highest BCUT2D eigenvalue weighted by Crippen LogP contribution is 2.22. The number of carbonyl (C=O) groups is 2. The number of amides is 2. The van der Waals surface area contributed by atoms with Crippen LogP contribution in [0.3, 0.4) is 0 Å². The van der Waals surface area contributed by atoms with Gasteiger partial charge in [-0.15, -0.1) is 11.3 Å². The predicted octanol–water partition coefficient (Wildman–Crippen LogP) is 4.64. The van der Waals surface area contributed by atoms with Crippen LogP contribution in [0.25, 0.3) is 0 Å². The van der Waals surface area contributed by atoms with Gasteiger partial charge in [0.15, 0.2) is 0 Å². The molecule has 0 radical (unpaired) electrons. The first-order chi connectivity index (χ1) is 15.2. The Morgan fingerprint density at radius 1 is 1.00 bits per heavy atom. The van der Waals surface area contributed by atoms with Crippen molar-refractivity contribution in [3.63, 3.8) is 0 Å². The van der Waals surface area contributed by atoms with E-state index in [-0.39, 0.29) is 11.8 Å². The van der Waals surface area contributed by atoms with E-state index in [0.29, 0.717) is 31.0 Å². The fraction of sp³-hybridized carbons (Fsp3) is 0.280. The summed E-state index contributed by atoms with van der Waals surface area (Å²) in [5.74, 6) is 0.614. The van der Waals surface area contributed by atoms with Gasteiger partial charge in [-0.2, -0.15) is 0 Å². The fourth-order valence-corrected chi connectivity index (χ4v) is 4.39. The summed E-state index contributed by atoms with van der Waals surface area (Å²) in [6.07, 6.45) is 2.54. The van der Waals surface area contributed by atoms with Crippen LogP contribution >= 0.6 is 11.3 Å². The Kier molecular flexibility index (Phi) is 6.99. The Morgan fingerprint density at radius 3 is 2.55 bits per heavy atom. The SMILES string of the molecule is O=C1NCCCCC1N(Cc1ccc(OCc2ccccc2)cc1)C(=O)c1cccs1. The maximum Gasteiger partial charge on any atom is 0.264 e. The number of nitrogens with zero attached hydrogens (tertiary/aromatic N) is 1. The first-order valence-electron chi connectivity index (χ1n) is 10.6. The van der Waals surface area contributed by atoms with Crippen molar-refractivity contribution < 1.29 is 14.3 Å². The van der Waals surface area contributed by atoms with Crippen LogP contribution in [0.5, 0.6) is 5.75 Å². The second-order valence-corrected chi connectivity index (χ2v) is 8.58. The number of hydrogen-bond donors (Lipinski definition) is 1. The zero-order valence-electron chi connectivity index (χ0n) is 17.3. The van der Waals surface area contributed by atoms with Gasteiger partial charge in [0.1, 0.15) is 18.4 Å². The van der Waals surface area contributed by atoms with Gasteiger partial charge in [0.05, 0.1) is 4.88 Å². The highest BCUT2D eigenvalue weighted by molar-refractivity contribution is 7.12. The van der Waals surface area contributed by atoms with Crippen molar-refractivity contribution in [2.24, 2.45) is 0 Å². The molecule has 1 atom stereocenters. The molecule has 1 unspecified atom stereocenters. The maximum absolute atomic E-state index is 13.2. The van der Waals surface area contributed by atoms with E-state index in [2.05, 4.69) is 5.32 Å². The molecule has 0 aliphatic carbocycles. The number of thiophene rings is 1. The summed E-state index contributed by atoms with van der Waals surface area (Å²) in [7, 11) is 0. The van der Waals surface area contributed by atoms with Crippen molar-refractivity contribution in [1.29, 1.82) is 0 Å². The largest absolute Gasteiger partial charge is 0.489 e. The van der Waals surface area contributed by atoms with Gasteiger partial charge in [0.2, 0.25) is 5.91 Å². The molecule has 1 saturated heterocycles. The minimum absolute atomic E-state index is 0.0646. The van der Waals surface area contributed by atoms with Gasteiger partial charge in [-0.3, -0.25) is 9.59 Å². The summed E-state index contributed by atoms with van der Waals surface area (Å²) in [6, 6.07) is 21.0. The van der Waals surface area contributed by atoms with Crippen molar-refractivity contribution in [1.82, 2.24) is 10.2 Å². The molecule has 0 saturated carbocycles. The smallest absolute Gasteiger partial charge is 0.264 e. The summed E-state index contributed by atoms with van der Waals surface area (Å²) in [5, 5.41) is 4.84. The molecule has 2 heterocycles. The van der Waals surface area contributed by atoms with E-state index in [4.69, 9.17) is 4.74 Å². The van der Waals surface area contributed by atoms with Crippen molar-refractivity contribution >= 4 is 23.2 Å². The van der Waals surface area contributed by atoms with Crippen molar-refractivity contribution in [3.05, 3.63) is 88.1 Å². The Bertz CT molecular complexity index is 987. The Hall–Kier alpha value is -3.12. The Morgan fingerprint density at radius 2 is 1.81 bits per heavy atom. The standard InChI is InChI=1S/C25H26N2O3S/c28-24-22(9-4-5-15-26-24)27(25(29)23-10-6-16-31-23)17-19-11-13-21(14-12-19)30-18-20-7-2-1-3-8-20/h1-3,6-8,10-14,16,22H,4-5,9,15,17-18H2,(H,26,28). The lowest BCUT2D eigenvalue weighted by Gasteiger charge is -2.30. The van der Waals surface area contributed by atoms with Crippen molar-refractivity contribution in [2.45, 2.75) is 38.5 Å². The number of hydrogen-bond acceptors (Lipinski definition) is 4. The molecular weight excluding hydrogens is 408 g/mol. The first-order valence-corrected chi connectivity index (χ1v) is 11.5. The molecule has 160 valence electrons. The number of rotatable bonds is 7. The van der Waals surface area contributed by atoms with Gasteiger partial charge < -0.3 is 15.0 Å². The average molecular weight is 435 g/mol. The highest BCUT2D eigenvalue weighted by Gasteiger charge is 2.31. The molecule has 6 heteroatoms. The van der Waals surface area contributed by atoms with Gasteiger partial charge in [-0.05, 0) is 54.0 Å². The molecule has 4 rings (SSSR count). The minimum Gasteiger partial charge on any atom is -0.489 e. The quantitative estimate of drug-likeness (QED) is 0.589. The normalized spacial score (nSPS) is 16.3. The Balaban J connectivity index is 1.48. The lowest BCUT2D eigenvalue weighted by Crippen LogP contribution is -2.48. The second-order valence-electron chi connectivity index (χ2n) is 7.63. The van der Waals surface area contributed by atoms with E-state index >= 15 is 0 Å². The molecule has 0 spiro atoms. The lowest BCUT2D eigenvalue weighted by atomic mass is 10.1. The summed E-state index contributed by atoms with van der Waals surface area (Å²) in [6.45, 7) is 1.56. The molecule has 5 nitrogen and oxygen atoms in total. The van der Waals surface area contributed by atoms with Gasteiger partial charge in [0.25, 0.3) is 5.91 Å². The van der Waals surface area contributed by atoms with E-state index in [9.17, 15) is 9.59 Å². The molecule has 0 bridgehead atoms. The van der Waals surface area contributed by atoms with Gasteiger partial charge in [-0.25, -0.2) is 0 Å². The third-order valence-electron chi connectivity index (χ3n) is 5.40. The van der Waals surface area contributed by atoms with Crippen molar-refractivity contribution in [3.8, 4) is 5.75 Å². The zero-order chi connectivity index (χ0) is 21.5. The van der Waals surface area contributed by atoms with Gasteiger partial charge in [-0.1, -0.05) is 48.5 Å². The molecule has 1 N–H and O–H groups in total. The van der Waals surface area contributed by atoms with Crippen LogP contribution in [0.15, 0.2) is 72.1 Å². The topological polar surface area (TPSA) is 58.6 Å². The van der Waals surface area contributed by atoms with Crippen LogP contribution in [0, 0.1) is 0 Å². The number of benzene rings is 2. The summed E-state index contributed by atoms with van der Waals surface area (Å²) >= 11 is 1.40. The van der Waals surface area contributed by atoms with Gasteiger partial charge >= 0.3 is 0 Å². The zero-order valence-corrected chi connectivity index (χ0v) is 18.1. The molecule has 2 amide bonds. The van der Waals surface area contributed by atoms with Gasteiger partial charge in [0, 0.05) is 13.1 Å². The van der Waals surface area contributed by atoms with Crippen LogP contribution in [0.2, 0.25) is 0 Å². The van der Waals surface area contributed by atoms with E-state index in [0.717, 1.165) is 29.7 Å². The summed E-state index contributed by atoms with van der Waals surface area (Å²) in [4.78, 5) is 28.3. The highest BCUT2D eigenvalue weighted by atomic mass is 32.1. The first kappa shape index (κ1) is 21.1. The average Bonchev–Trinajstić information content (AvgIpc) is 3.26. The van der Waals surface area contributed by atoms with E-state index in [1.54, 1.807) is 4.90 Å². The van der Waals surface area contributed by atoms with Crippen LogP contribution < -0.4 is 10.1 Å². The molecule has 1 aliphatic heterocycles. The minimum atomic E-state index is -0.453. The van der Waals surface area contributed by atoms with E-state index in [1.807, 2.05) is 72.1 Å². The predicted molar refractivity (Wildman–Crippen MR) is 122 cm³/mol. The second kappa shape index (κ2) is 10.3. The molecule has 3 aromatic rings. The number of ether oxygens (including phenoxy) is 1. The fourth-order valence-electron chi connectivity index (χ4n) is 3.71. The maximum atomic E-state index is 13.2. The molecule has 31 heavy (non-hydrogen) atoms. The summed E-state index contributed by atoms with van der Waals surface area (Å²) < 4.78 is 5.87. The monoisotopic (exact) mass is 434 g/mol. The van der Waals surface area contributed by atoms with Crippen LogP contribution in [0.1, 0.15) is 40.1 Å². The van der Waals surface area contributed by atoms with E-state index in [1.165, 1.54) is 11.3 Å². The lowest BCUT2D eigenvalue weighted by molar-refractivity contribution is -0.125. The van der Waals surface area contributed by atoms with Crippen molar-refractivity contribution in [2.75, 3.05) is 6.54 Å². The number of nitrogens with one attached hydrogen (secondary N) is 1. The van der Waals surface area contributed by atoms with Crippen LogP contribution in [0.4, 0.5) is 0 Å². The molecular formula is C25H26N2O3S. The molecule has 1 aromatic heterocycles. The third-order valence-corrected chi connectivity index (χ3v) is 6.26. The summed E-state index contributed by atoms with van der Waals surface area (Å²) in [5.41, 5.74) is 2.08. The van der Waals surface area contributed by atoms with Crippen LogP contribution in [-0.4, -0.2) is 29.3 Å². The van der Waals surface area contributed by atoms with Crippen LogP contribution in [-0.2, 0) is 17.9 Å². The molecule has 1 fully saturated rings. The van der Waals surface area contributed by atoms with E-state index < -0.39 is 6.04 Å². The molecule has 1 aliphatic rings. The number of carbonyl (C=O) groups excluding carboxylic acids is 2. The Labute approximate surface area is 186 Å².